The van der Waals surface area contributed by atoms with Crippen LogP contribution in [0, 0.1) is 17.3 Å². The Labute approximate surface area is 237 Å². The number of hydrogen-bond acceptors (Lipinski definition) is 6. The number of nitrogens with one attached hydrogen (secondary N) is 1. The van der Waals surface area contributed by atoms with E-state index in [2.05, 4.69) is 25.5 Å². The van der Waals surface area contributed by atoms with Crippen molar-refractivity contribution >= 4 is 28.1 Å². The van der Waals surface area contributed by atoms with Crippen LogP contribution in [-0.2, 0) is 36.2 Å². The summed E-state index contributed by atoms with van der Waals surface area (Å²) in [6.45, 7) is 7.52. The molecule has 3 saturated carbocycles. The quantitative estimate of drug-likeness (QED) is 0.360. The molecule has 2 bridgehead atoms. The van der Waals surface area contributed by atoms with Crippen LogP contribution < -0.4 is 4.72 Å². The maximum Gasteiger partial charge on any atom is 0.477 e. The molecule has 2 aliphatic heterocycles. The minimum Gasteiger partial charge on any atom is -0.464 e. The van der Waals surface area contributed by atoms with Crippen LogP contribution >= 0.6 is 0 Å². The normalized spacial score (nSPS) is 31.7. The third-order valence-electron chi connectivity index (χ3n) is 10.3. The summed E-state index contributed by atoms with van der Waals surface area (Å²) in [5, 5.41) is 0.973. The van der Waals surface area contributed by atoms with Crippen molar-refractivity contribution in [1.82, 2.24) is 4.72 Å². The molecule has 0 amide bonds. The highest BCUT2D eigenvalue weighted by Gasteiger charge is 2.68. The van der Waals surface area contributed by atoms with Gasteiger partial charge in [0.2, 0.25) is 10.0 Å². The molecule has 2 saturated heterocycles. The Balaban J connectivity index is 1.18. The van der Waals surface area contributed by atoms with Gasteiger partial charge in [-0.05, 0) is 79.0 Å². The topological polar surface area (TPSA) is 87.0 Å². The van der Waals surface area contributed by atoms with Gasteiger partial charge in [-0.2, -0.15) is 0 Å². The van der Waals surface area contributed by atoms with Gasteiger partial charge in [-0.1, -0.05) is 56.3 Å². The van der Waals surface area contributed by atoms with Gasteiger partial charge in [0, 0.05) is 12.0 Å². The molecular formula is C31H38BNO6S. The highest BCUT2D eigenvalue weighted by molar-refractivity contribution is 7.88. The first-order valence-electron chi connectivity index (χ1n) is 14.6. The van der Waals surface area contributed by atoms with Gasteiger partial charge in [-0.3, -0.25) is 0 Å². The SMILES string of the molecule is CC1(C)[C@@H]2C[C@H]3OB([C@H](Cc4coc5ccccc45)NS(=O)(=O)Cc4ccccc4C4CCCO4)O[C@@]3(C)[C@H]1C2. The molecule has 2 aromatic carbocycles. The van der Waals surface area contributed by atoms with Gasteiger partial charge < -0.3 is 18.5 Å². The second-order valence-electron chi connectivity index (χ2n) is 13.0. The number of para-hydroxylation sites is 1. The third-order valence-corrected chi connectivity index (χ3v) is 11.7. The molecule has 5 aliphatic rings. The van der Waals surface area contributed by atoms with Crippen LogP contribution in [0.1, 0.15) is 69.2 Å². The first kappa shape index (κ1) is 26.7. The molecule has 0 spiro atoms. The zero-order chi connectivity index (χ0) is 27.7. The van der Waals surface area contributed by atoms with Crippen molar-refractivity contribution in [2.24, 2.45) is 17.3 Å². The summed E-state index contributed by atoms with van der Waals surface area (Å²) in [6.07, 6.45) is 6.00. The highest BCUT2D eigenvalue weighted by Crippen LogP contribution is 2.65. The average Bonchev–Trinajstić information content (AvgIpc) is 3.66. The van der Waals surface area contributed by atoms with Crippen molar-refractivity contribution in [1.29, 1.82) is 0 Å². The number of ether oxygens (including phenoxy) is 1. The number of sulfonamides is 1. The first-order valence-corrected chi connectivity index (χ1v) is 16.3. The second-order valence-corrected chi connectivity index (χ2v) is 14.7. The lowest BCUT2D eigenvalue weighted by Gasteiger charge is -2.64. The monoisotopic (exact) mass is 563 g/mol. The molecule has 3 aromatic rings. The Kier molecular flexibility index (Phi) is 6.48. The van der Waals surface area contributed by atoms with E-state index >= 15 is 0 Å². The molecule has 1 aromatic heterocycles. The van der Waals surface area contributed by atoms with Crippen molar-refractivity contribution in [3.05, 3.63) is 71.5 Å². The molecule has 212 valence electrons. The fraction of sp³-hybridized carbons (Fsp3) is 0.548. The third kappa shape index (κ3) is 4.45. The van der Waals surface area contributed by atoms with E-state index in [0.717, 1.165) is 53.3 Å². The van der Waals surface area contributed by atoms with Crippen LogP contribution in [-0.4, -0.2) is 39.8 Å². The summed E-state index contributed by atoms with van der Waals surface area (Å²) in [6, 6.07) is 15.5. The molecule has 1 N–H and O–H groups in total. The van der Waals surface area contributed by atoms with E-state index in [0.29, 0.717) is 24.9 Å². The number of rotatable bonds is 8. The minimum absolute atomic E-state index is 0.0392. The Morgan fingerprint density at radius 1 is 1.05 bits per heavy atom. The smallest absolute Gasteiger partial charge is 0.464 e. The summed E-state index contributed by atoms with van der Waals surface area (Å²) in [7, 11) is -4.45. The van der Waals surface area contributed by atoms with Crippen LogP contribution in [0.3, 0.4) is 0 Å². The lowest BCUT2D eigenvalue weighted by Crippen LogP contribution is -2.65. The molecule has 40 heavy (non-hydrogen) atoms. The summed E-state index contributed by atoms with van der Waals surface area (Å²) in [4.78, 5) is 0. The fourth-order valence-electron chi connectivity index (χ4n) is 7.97. The van der Waals surface area contributed by atoms with Crippen LogP contribution in [0.5, 0.6) is 0 Å². The average molecular weight is 564 g/mol. The number of hydrogen-bond donors (Lipinski definition) is 1. The predicted octanol–water partition coefficient (Wildman–Crippen LogP) is 5.58. The Morgan fingerprint density at radius 3 is 2.65 bits per heavy atom. The van der Waals surface area contributed by atoms with Crippen LogP contribution in [0.2, 0.25) is 0 Å². The summed E-state index contributed by atoms with van der Waals surface area (Å²) < 4.78 is 55.7. The maximum atomic E-state index is 13.8. The lowest BCUT2D eigenvalue weighted by molar-refractivity contribution is -0.199. The molecule has 5 fully saturated rings. The largest absolute Gasteiger partial charge is 0.477 e. The van der Waals surface area contributed by atoms with E-state index in [9.17, 15) is 8.42 Å². The number of furan rings is 1. The number of fused-ring (bicyclic) bond motifs is 1. The van der Waals surface area contributed by atoms with E-state index in [1.807, 2.05) is 48.5 Å². The van der Waals surface area contributed by atoms with Crippen LogP contribution in [0.25, 0.3) is 11.0 Å². The molecule has 9 heteroatoms. The van der Waals surface area contributed by atoms with Gasteiger partial charge in [0.15, 0.2) is 0 Å². The maximum absolute atomic E-state index is 13.8. The molecule has 3 heterocycles. The van der Waals surface area contributed by atoms with E-state index in [1.54, 1.807) is 6.26 Å². The summed E-state index contributed by atoms with van der Waals surface area (Å²) in [5.41, 5.74) is 3.20. The van der Waals surface area contributed by atoms with Crippen molar-refractivity contribution in [2.75, 3.05) is 6.61 Å². The summed E-state index contributed by atoms with van der Waals surface area (Å²) >= 11 is 0. The Morgan fingerprint density at radius 2 is 1.85 bits per heavy atom. The molecule has 1 unspecified atom stereocenters. The van der Waals surface area contributed by atoms with Crippen molar-refractivity contribution in [3.63, 3.8) is 0 Å². The summed E-state index contributed by atoms with van der Waals surface area (Å²) in [5.74, 6) is 0.263. The van der Waals surface area contributed by atoms with E-state index in [1.165, 1.54) is 0 Å². The van der Waals surface area contributed by atoms with E-state index in [4.69, 9.17) is 18.5 Å². The van der Waals surface area contributed by atoms with Gasteiger partial charge in [-0.15, -0.1) is 0 Å². The standard InChI is InChI=1S/C31H38BNO6S/c1-30(2)22-16-27(30)31(3)28(17-22)38-32(39-31)29(15-21-18-37-26-12-7-6-11-24(21)26)33-40(34,35)19-20-9-4-5-10-23(20)25-13-8-14-36-25/h4-7,9-12,18,22,25,27-29,33H,8,13-17,19H2,1-3H3/t22-,25?,27-,28+,29-,31-/m0/s1. The minimum atomic E-state index is -3.75. The Hall–Kier alpha value is -2.17. The van der Waals surface area contributed by atoms with Gasteiger partial charge in [0.1, 0.15) is 5.58 Å². The van der Waals surface area contributed by atoms with Crippen LogP contribution in [0.4, 0.5) is 0 Å². The van der Waals surface area contributed by atoms with E-state index < -0.39 is 28.7 Å². The Bertz CT molecular complexity index is 1510. The molecule has 7 nitrogen and oxygen atoms in total. The van der Waals surface area contributed by atoms with Gasteiger partial charge in [-0.25, -0.2) is 13.1 Å². The predicted molar refractivity (Wildman–Crippen MR) is 154 cm³/mol. The zero-order valence-corrected chi connectivity index (χ0v) is 24.3. The number of benzene rings is 2. The zero-order valence-electron chi connectivity index (χ0n) is 23.5. The van der Waals surface area contributed by atoms with E-state index in [-0.39, 0.29) is 23.4 Å². The van der Waals surface area contributed by atoms with Crippen molar-refractivity contribution in [2.45, 2.75) is 82.4 Å². The fourth-order valence-corrected chi connectivity index (χ4v) is 9.38. The second kappa shape index (κ2) is 9.70. The van der Waals surface area contributed by atoms with Gasteiger partial charge in [0.25, 0.3) is 0 Å². The lowest BCUT2D eigenvalue weighted by atomic mass is 9.43. The first-order chi connectivity index (χ1) is 19.1. The highest BCUT2D eigenvalue weighted by atomic mass is 32.2. The van der Waals surface area contributed by atoms with Crippen molar-refractivity contribution in [3.8, 4) is 0 Å². The van der Waals surface area contributed by atoms with Crippen LogP contribution in [0.15, 0.2) is 59.2 Å². The molecule has 3 aliphatic carbocycles. The van der Waals surface area contributed by atoms with Gasteiger partial charge in [0.05, 0.1) is 35.8 Å². The molecular weight excluding hydrogens is 525 g/mol. The molecule has 8 rings (SSSR count). The van der Waals surface area contributed by atoms with Crippen molar-refractivity contribution < 1.29 is 26.9 Å². The van der Waals surface area contributed by atoms with Gasteiger partial charge >= 0.3 is 7.12 Å². The molecule has 6 atom stereocenters. The molecule has 0 radical (unpaired) electrons.